The van der Waals surface area contributed by atoms with Crippen molar-refractivity contribution in [3.8, 4) is 0 Å². The van der Waals surface area contributed by atoms with Gasteiger partial charge in [-0.05, 0) is 31.4 Å². The molecule has 1 aliphatic carbocycles. The van der Waals surface area contributed by atoms with E-state index in [1.165, 1.54) is 23.9 Å². The first kappa shape index (κ1) is 16.1. The minimum absolute atomic E-state index is 0.0585. The molecule has 1 saturated carbocycles. The molecule has 4 saturated heterocycles. The van der Waals surface area contributed by atoms with Gasteiger partial charge in [0.2, 0.25) is 0 Å². The van der Waals surface area contributed by atoms with E-state index in [1.807, 2.05) is 0 Å². The Morgan fingerprint density at radius 1 is 1.37 bits per heavy atom. The zero-order valence-electron chi connectivity index (χ0n) is 16.1. The number of ether oxygens (including phenoxy) is 1. The highest BCUT2D eigenvalue weighted by atomic mass is 16.5. The second-order valence-electron chi connectivity index (χ2n) is 9.05. The number of aliphatic hydroxyl groups excluding tert-OH is 1. The first-order valence-corrected chi connectivity index (χ1v) is 10.0. The van der Waals surface area contributed by atoms with Crippen molar-refractivity contribution in [2.45, 2.75) is 49.4 Å². The number of nitrogens with zero attached hydrogens (tertiary/aromatic N) is 2. The van der Waals surface area contributed by atoms with Crippen LogP contribution in [0.15, 0.2) is 35.9 Å². The largest absolute Gasteiger partial charge is 0.468 e. The van der Waals surface area contributed by atoms with Gasteiger partial charge >= 0.3 is 5.97 Å². The molecule has 5 bridgehead atoms. The molecule has 5 heteroatoms. The summed E-state index contributed by atoms with van der Waals surface area (Å²) in [4.78, 5) is 18.2. The number of esters is 1. The molecule has 5 fully saturated rings. The molecule has 142 valence electrons. The third-order valence-electron chi connectivity index (χ3n) is 8.72. The fourth-order valence-electron chi connectivity index (χ4n) is 7.97. The topological polar surface area (TPSA) is 53.0 Å². The molecule has 5 heterocycles. The van der Waals surface area contributed by atoms with Crippen LogP contribution in [-0.2, 0) is 14.9 Å². The van der Waals surface area contributed by atoms with Crippen LogP contribution < -0.4 is 4.90 Å². The summed E-state index contributed by atoms with van der Waals surface area (Å²) in [6.45, 7) is 2.97. The second kappa shape index (κ2) is 4.76. The van der Waals surface area contributed by atoms with Crippen LogP contribution in [0.1, 0.15) is 25.3 Å². The number of allylic oxidation sites excluding steroid dienone is 1. The van der Waals surface area contributed by atoms with Crippen molar-refractivity contribution >= 4 is 11.7 Å². The highest BCUT2D eigenvalue weighted by Crippen LogP contribution is 2.72. The molecular formula is C22H26N2O3. The van der Waals surface area contributed by atoms with E-state index >= 15 is 0 Å². The van der Waals surface area contributed by atoms with E-state index in [9.17, 15) is 9.90 Å². The van der Waals surface area contributed by atoms with Gasteiger partial charge in [-0.3, -0.25) is 9.69 Å². The SMILES string of the molecule is C/C=C1/CN2C3CC45c6ccccc6N(C)[C@@H]4[C@@H]2C[C@@H]1[C@]3(C(=O)OC)[C@@H]5O. The van der Waals surface area contributed by atoms with E-state index in [0.29, 0.717) is 6.04 Å². The molecule has 1 N–H and O–H groups in total. The lowest BCUT2D eigenvalue weighted by molar-refractivity contribution is -0.179. The molecule has 0 amide bonds. The van der Waals surface area contributed by atoms with Crippen LogP contribution in [0.4, 0.5) is 5.69 Å². The number of likely N-dealkylation sites (N-methyl/N-ethyl adjacent to an activating group) is 1. The van der Waals surface area contributed by atoms with Gasteiger partial charge in [-0.2, -0.15) is 0 Å². The van der Waals surface area contributed by atoms with Gasteiger partial charge in [0, 0.05) is 42.7 Å². The van der Waals surface area contributed by atoms with Gasteiger partial charge in [0.05, 0.1) is 19.3 Å². The Balaban J connectivity index is 1.67. The Hall–Kier alpha value is -1.85. The minimum Gasteiger partial charge on any atom is -0.468 e. The van der Waals surface area contributed by atoms with Gasteiger partial charge < -0.3 is 14.7 Å². The Bertz CT molecular complexity index is 897. The predicted octanol–water partition coefficient (Wildman–Crippen LogP) is 1.70. The fraction of sp³-hybridized carbons (Fsp3) is 0.591. The number of rotatable bonds is 1. The van der Waals surface area contributed by atoms with E-state index in [-0.39, 0.29) is 29.4 Å². The number of aliphatic hydroxyl groups is 1. The highest BCUT2D eigenvalue weighted by molar-refractivity contribution is 5.84. The number of fused-ring (bicyclic) bond motifs is 2. The Kier molecular flexibility index (Phi) is 2.84. The normalized spacial score (nSPS) is 49.5. The molecule has 3 unspecified atom stereocenters. The molecule has 5 nitrogen and oxygen atoms in total. The summed E-state index contributed by atoms with van der Waals surface area (Å²) in [5.41, 5.74) is 2.48. The van der Waals surface area contributed by atoms with Crippen LogP contribution in [0.5, 0.6) is 0 Å². The van der Waals surface area contributed by atoms with Crippen molar-refractivity contribution in [2.24, 2.45) is 11.3 Å². The van der Waals surface area contributed by atoms with Crippen molar-refractivity contribution < 1.29 is 14.6 Å². The maximum Gasteiger partial charge on any atom is 0.316 e. The van der Waals surface area contributed by atoms with Crippen molar-refractivity contribution in [3.05, 3.63) is 41.5 Å². The standard InChI is InChI=1S/C22H26N2O3/c1-4-12-11-24-16-9-14(12)22(20(26)27-3)17(24)10-21(19(22)25)13-7-5-6-8-15(13)23(2)18(16)21/h4-8,14,16-19,25H,9-11H2,1-3H3/b12-4-/t14-,16-,17?,18+,19+,21?,22+/m0/s1. The Morgan fingerprint density at radius 3 is 2.89 bits per heavy atom. The van der Waals surface area contributed by atoms with E-state index in [0.717, 1.165) is 19.4 Å². The number of para-hydroxylation sites is 1. The van der Waals surface area contributed by atoms with Crippen LogP contribution in [-0.4, -0.2) is 60.9 Å². The highest BCUT2D eigenvalue weighted by Gasteiger charge is 2.82. The molecule has 1 aromatic carbocycles. The van der Waals surface area contributed by atoms with E-state index in [2.05, 4.69) is 54.1 Å². The van der Waals surface area contributed by atoms with Crippen LogP contribution >= 0.6 is 0 Å². The Labute approximate surface area is 159 Å². The first-order valence-electron chi connectivity index (χ1n) is 10.0. The second-order valence-corrected chi connectivity index (χ2v) is 9.05. The van der Waals surface area contributed by atoms with Crippen LogP contribution in [0, 0.1) is 11.3 Å². The smallest absolute Gasteiger partial charge is 0.316 e. The van der Waals surface area contributed by atoms with E-state index in [1.54, 1.807) is 0 Å². The molecule has 0 aromatic heterocycles. The zero-order chi connectivity index (χ0) is 18.7. The van der Waals surface area contributed by atoms with Crippen molar-refractivity contribution in [1.82, 2.24) is 4.90 Å². The summed E-state index contributed by atoms with van der Waals surface area (Å²) in [6.07, 6.45) is 3.19. The Morgan fingerprint density at radius 2 is 2.15 bits per heavy atom. The summed E-state index contributed by atoms with van der Waals surface area (Å²) in [7, 11) is 3.63. The van der Waals surface area contributed by atoms with Gasteiger partial charge in [0.1, 0.15) is 5.41 Å². The number of hydrogen-bond acceptors (Lipinski definition) is 5. The lowest BCUT2D eigenvalue weighted by Crippen LogP contribution is -2.71. The lowest BCUT2D eigenvalue weighted by atomic mass is 9.58. The van der Waals surface area contributed by atoms with Crippen LogP contribution in [0.2, 0.25) is 0 Å². The average Bonchev–Trinajstić information content (AvgIpc) is 3.08. The van der Waals surface area contributed by atoms with Gasteiger partial charge in [-0.15, -0.1) is 0 Å². The summed E-state index contributed by atoms with van der Waals surface area (Å²) in [6, 6.07) is 9.09. The number of anilines is 1. The molecule has 6 aliphatic rings. The quantitative estimate of drug-likeness (QED) is 0.606. The molecular weight excluding hydrogens is 340 g/mol. The summed E-state index contributed by atoms with van der Waals surface area (Å²) in [5.74, 6) is -0.146. The van der Waals surface area contributed by atoms with Crippen molar-refractivity contribution in [2.75, 3.05) is 25.6 Å². The monoisotopic (exact) mass is 366 g/mol. The molecule has 1 spiro atoms. The lowest BCUT2D eigenvalue weighted by Gasteiger charge is -2.61. The maximum atomic E-state index is 13.3. The zero-order valence-corrected chi connectivity index (χ0v) is 16.1. The number of benzene rings is 1. The molecule has 27 heavy (non-hydrogen) atoms. The van der Waals surface area contributed by atoms with Crippen molar-refractivity contribution in [1.29, 1.82) is 0 Å². The number of hydrogen-bond donors (Lipinski definition) is 1. The fourth-order valence-corrected chi connectivity index (χ4v) is 7.97. The molecule has 1 aromatic rings. The van der Waals surface area contributed by atoms with Gasteiger partial charge in [-0.25, -0.2) is 0 Å². The van der Waals surface area contributed by atoms with Crippen LogP contribution in [0.25, 0.3) is 0 Å². The first-order chi connectivity index (χ1) is 13.0. The van der Waals surface area contributed by atoms with E-state index < -0.39 is 11.5 Å². The predicted molar refractivity (Wildman–Crippen MR) is 102 cm³/mol. The molecule has 5 aliphatic heterocycles. The van der Waals surface area contributed by atoms with Crippen molar-refractivity contribution in [3.63, 3.8) is 0 Å². The van der Waals surface area contributed by atoms with Gasteiger partial charge in [0.25, 0.3) is 0 Å². The third kappa shape index (κ3) is 1.40. The number of methoxy groups -OCH3 is 1. The average molecular weight is 366 g/mol. The third-order valence-corrected chi connectivity index (χ3v) is 8.72. The summed E-state index contributed by atoms with van der Waals surface area (Å²) < 4.78 is 5.37. The maximum absolute atomic E-state index is 13.3. The molecule has 8 atom stereocenters. The van der Waals surface area contributed by atoms with E-state index in [4.69, 9.17) is 4.74 Å². The molecule has 0 radical (unpaired) electrons. The van der Waals surface area contributed by atoms with Gasteiger partial charge in [0.15, 0.2) is 0 Å². The molecule has 7 rings (SSSR count). The van der Waals surface area contributed by atoms with Gasteiger partial charge in [-0.1, -0.05) is 29.8 Å². The number of carbonyl (C=O) groups is 1. The number of carbonyl (C=O) groups excluding carboxylic acids is 1. The summed E-state index contributed by atoms with van der Waals surface area (Å²) in [5, 5.41) is 12.0. The summed E-state index contributed by atoms with van der Waals surface area (Å²) >= 11 is 0. The van der Waals surface area contributed by atoms with Crippen LogP contribution in [0.3, 0.4) is 0 Å². The minimum atomic E-state index is -0.849. The number of piperidine rings is 4.